The molecule has 130 valence electrons. The molecule has 0 unspecified atom stereocenters. The predicted molar refractivity (Wildman–Crippen MR) is 99.0 cm³/mol. The van der Waals surface area contributed by atoms with Crippen molar-refractivity contribution >= 4 is 11.8 Å². The monoisotopic (exact) mass is 336 g/mol. The van der Waals surface area contributed by atoms with Crippen molar-refractivity contribution in [2.24, 2.45) is 0 Å². The van der Waals surface area contributed by atoms with E-state index in [1.54, 1.807) is 0 Å². The Hall–Kier alpha value is -0.520. The molecule has 1 aromatic rings. The Labute approximate surface area is 145 Å². The highest BCUT2D eigenvalue weighted by molar-refractivity contribution is 7.98. The maximum Gasteiger partial charge on any atom is 0.0537 e. The Morgan fingerprint density at radius 1 is 1.35 bits per heavy atom. The summed E-state index contributed by atoms with van der Waals surface area (Å²) >= 11 is 1.98. The quantitative estimate of drug-likeness (QED) is 0.764. The molecule has 2 aliphatic heterocycles. The van der Waals surface area contributed by atoms with Crippen LogP contribution in [-0.2, 0) is 13.1 Å². The minimum atomic E-state index is 0.714. The van der Waals surface area contributed by atoms with Gasteiger partial charge in [-0.05, 0) is 51.2 Å². The molecular weight excluding hydrogens is 304 g/mol. The molecule has 3 rings (SSSR count). The highest BCUT2D eigenvalue weighted by Gasteiger charge is 2.36. The minimum Gasteiger partial charge on any atom is -0.298 e. The summed E-state index contributed by atoms with van der Waals surface area (Å²) in [6.45, 7) is 10.4. The highest BCUT2D eigenvalue weighted by atomic mass is 32.2. The smallest absolute Gasteiger partial charge is 0.0537 e. The van der Waals surface area contributed by atoms with Gasteiger partial charge in [-0.3, -0.25) is 14.5 Å². The zero-order valence-corrected chi connectivity index (χ0v) is 15.8. The number of hydrogen-bond donors (Lipinski definition) is 0. The minimum absolute atomic E-state index is 0.714. The summed E-state index contributed by atoms with van der Waals surface area (Å²) in [6, 6.07) is 1.51. The normalized spacial score (nSPS) is 25.9. The summed E-state index contributed by atoms with van der Waals surface area (Å²) in [5, 5.41) is 4.60. The van der Waals surface area contributed by atoms with Crippen LogP contribution in [0.1, 0.15) is 43.9 Å². The van der Waals surface area contributed by atoms with Crippen LogP contribution in [0.4, 0.5) is 0 Å². The van der Waals surface area contributed by atoms with Gasteiger partial charge in [0, 0.05) is 49.5 Å². The first-order valence-electron chi connectivity index (χ1n) is 9.21. The SMILES string of the molecule is CCCn1ncc(CN2C[C@@H]3CCCN3C[C@@H]2CCSC)c1C. The summed E-state index contributed by atoms with van der Waals surface area (Å²) in [5.41, 5.74) is 2.79. The van der Waals surface area contributed by atoms with Crippen molar-refractivity contribution in [3.8, 4) is 0 Å². The summed E-state index contributed by atoms with van der Waals surface area (Å²) < 4.78 is 2.18. The van der Waals surface area contributed by atoms with Crippen LogP contribution in [0.15, 0.2) is 6.20 Å². The fourth-order valence-corrected chi connectivity index (χ4v) is 4.67. The van der Waals surface area contributed by atoms with E-state index < -0.39 is 0 Å². The number of rotatable bonds is 7. The zero-order chi connectivity index (χ0) is 16.2. The molecule has 23 heavy (non-hydrogen) atoms. The van der Waals surface area contributed by atoms with Crippen molar-refractivity contribution in [2.45, 2.75) is 64.7 Å². The van der Waals surface area contributed by atoms with Crippen LogP contribution >= 0.6 is 11.8 Å². The molecule has 2 fully saturated rings. The van der Waals surface area contributed by atoms with Crippen LogP contribution in [0.3, 0.4) is 0 Å². The first kappa shape index (κ1) is 17.3. The van der Waals surface area contributed by atoms with Crippen molar-refractivity contribution in [1.82, 2.24) is 19.6 Å². The second-order valence-corrected chi connectivity index (χ2v) is 8.12. The molecule has 2 atom stereocenters. The van der Waals surface area contributed by atoms with E-state index in [0.29, 0.717) is 6.04 Å². The largest absolute Gasteiger partial charge is 0.298 e. The Balaban J connectivity index is 1.69. The Morgan fingerprint density at radius 3 is 3.00 bits per heavy atom. The van der Waals surface area contributed by atoms with Gasteiger partial charge >= 0.3 is 0 Å². The van der Waals surface area contributed by atoms with Crippen molar-refractivity contribution in [1.29, 1.82) is 0 Å². The van der Waals surface area contributed by atoms with Gasteiger partial charge in [0.15, 0.2) is 0 Å². The number of hydrogen-bond acceptors (Lipinski definition) is 4. The fraction of sp³-hybridized carbons (Fsp3) is 0.833. The van der Waals surface area contributed by atoms with Crippen molar-refractivity contribution < 1.29 is 0 Å². The van der Waals surface area contributed by atoms with Crippen molar-refractivity contribution in [3.05, 3.63) is 17.5 Å². The molecule has 0 radical (unpaired) electrons. The lowest BCUT2D eigenvalue weighted by molar-refractivity contribution is 0.0441. The van der Waals surface area contributed by atoms with Gasteiger partial charge in [0.25, 0.3) is 0 Å². The van der Waals surface area contributed by atoms with Gasteiger partial charge in [-0.1, -0.05) is 6.92 Å². The Kier molecular flexibility index (Phi) is 6.05. The molecule has 0 bridgehead atoms. The van der Waals surface area contributed by atoms with E-state index in [-0.39, 0.29) is 0 Å². The third-order valence-electron chi connectivity index (χ3n) is 5.57. The van der Waals surface area contributed by atoms with Crippen LogP contribution < -0.4 is 0 Å². The predicted octanol–water partition coefficient (Wildman–Crippen LogP) is 3.00. The lowest BCUT2D eigenvalue weighted by Crippen LogP contribution is -2.55. The molecular formula is C18H32N4S. The second-order valence-electron chi connectivity index (χ2n) is 7.13. The van der Waals surface area contributed by atoms with Crippen LogP contribution in [0, 0.1) is 6.92 Å². The molecule has 2 saturated heterocycles. The molecule has 1 aromatic heterocycles. The third kappa shape index (κ3) is 3.94. The van der Waals surface area contributed by atoms with Crippen LogP contribution in [-0.4, -0.2) is 63.3 Å². The average Bonchev–Trinajstić information content (AvgIpc) is 3.14. The average molecular weight is 337 g/mol. The summed E-state index contributed by atoms with van der Waals surface area (Å²) in [5.74, 6) is 1.27. The standard InChI is InChI=1S/C18H32N4S/c1-4-8-22-15(2)16(11-19-22)12-21-14-17-6-5-9-20(17)13-18(21)7-10-23-3/h11,17-18H,4-10,12-14H2,1-3H3/t17-,18-/m0/s1. The van der Waals surface area contributed by atoms with E-state index in [2.05, 4.69) is 45.9 Å². The maximum atomic E-state index is 4.60. The highest BCUT2D eigenvalue weighted by Crippen LogP contribution is 2.28. The van der Waals surface area contributed by atoms with E-state index in [1.807, 2.05) is 11.8 Å². The molecule has 2 aliphatic rings. The number of fused-ring (bicyclic) bond motifs is 1. The van der Waals surface area contributed by atoms with Gasteiger partial charge in [0.05, 0.1) is 6.20 Å². The number of piperazine rings is 1. The molecule has 4 nitrogen and oxygen atoms in total. The lowest BCUT2D eigenvalue weighted by atomic mass is 10.0. The van der Waals surface area contributed by atoms with Crippen molar-refractivity contribution in [3.63, 3.8) is 0 Å². The summed E-state index contributed by atoms with van der Waals surface area (Å²) in [4.78, 5) is 5.50. The molecule has 0 amide bonds. The molecule has 0 saturated carbocycles. The van der Waals surface area contributed by atoms with E-state index in [1.165, 1.54) is 55.9 Å². The number of nitrogens with zero attached hydrogens (tertiary/aromatic N) is 4. The van der Waals surface area contributed by atoms with Crippen LogP contribution in [0.25, 0.3) is 0 Å². The number of aromatic nitrogens is 2. The lowest BCUT2D eigenvalue weighted by Gasteiger charge is -2.44. The van der Waals surface area contributed by atoms with E-state index >= 15 is 0 Å². The molecule has 0 N–H and O–H groups in total. The summed E-state index contributed by atoms with van der Waals surface area (Å²) in [7, 11) is 0. The van der Waals surface area contributed by atoms with Gasteiger partial charge in [-0.25, -0.2) is 0 Å². The molecule has 0 aliphatic carbocycles. The summed E-state index contributed by atoms with van der Waals surface area (Å²) in [6.07, 6.45) is 9.58. The number of aryl methyl sites for hydroxylation is 1. The molecule has 5 heteroatoms. The van der Waals surface area contributed by atoms with Crippen molar-refractivity contribution in [2.75, 3.05) is 31.6 Å². The van der Waals surface area contributed by atoms with E-state index in [4.69, 9.17) is 0 Å². The Morgan fingerprint density at radius 2 is 2.22 bits per heavy atom. The van der Waals surface area contributed by atoms with Crippen LogP contribution in [0.2, 0.25) is 0 Å². The number of thioether (sulfide) groups is 1. The molecule has 0 aromatic carbocycles. The molecule has 0 spiro atoms. The first-order valence-corrected chi connectivity index (χ1v) is 10.6. The first-order chi connectivity index (χ1) is 11.2. The third-order valence-corrected chi connectivity index (χ3v) is 6.22. The van der Waals surface area contributed by atoms with E-state index in [9.17, 15) is 0 Å². The van der Waals surface area contributed by atoms with Gasteiger partial charge in [-0.2, -0.15) is 16.9 Å². The van der Waals surface area contributed by atoms with Gasteiger partial charge in [0.2, 0.25) is 0 Å². The van der Waals surface area contributed by atoms with E-state index in [0.717, 1.165) is 25.6 Å². The maximum absolute atomic E-state index is 4.60. The zero-order valence-electron chi connectivity index (χ0n) is 15.0. The molecule has 3 heterocycles. The topological polar surface area (TPSA) is 24.3 Å². The van der Waals surface area contributed by atoms with Gasteiger partial charge < -0.3 is 0 Å². The van der Waals surface area contributed by atoms with Gasteiger partial charge in [0.1, 0.15) is 0 Å². The van der Waals surface area contributed by atoms with Crippen LogP contribution in [0.5, 0.6) is 0 Å². The Bertz CT molecular complexity index is 501. The second kappa shape index (κ2) is 8.04. The van der Waals surface area contributed by atoms with Gasteiger partial charge in [-0.15, -0.1) is 0 Å². The fourth-order valence-electron chi connectivity index (χ4n) is 4.17.